The van der Waals surface area contributed by atoms with Crippen molar-refractivity contribution in [3.8, 4) is 0 Å². The van der Waals surface area contributed by atoms with Crippen LogP contribution in [0.15, 0.2) is 46.9 Å². The quantitative estimate of drug-likeness (QED) is 0.535. The van der Waals surface area contributed by atoms with E-state index in [1.54, 1.807) is 18.2 Å². The van der Waals surface area contributed by atoms with Gasteiger partial charge in [0.25, 0.3) is 5.91 Å². The second-order valence-corrected chi connectivity index (χ2v) is 8.23. The first-order chi connectivity index (χ1) is 12.3. The van der Waals surface area contributed by atoms with Crippen molar-refractivity contribution in [3.63, 3.8) is 0 Å². The average Bonchev–Trinajstić information content (AvgIpc) is 3.11. The normalized spacial score (nSPS) is 18.5. The summed E-state index contributed by atoms with van der Waals surface area (Å²) in [6, 6.07) is 5.36. The highest BCUT2D eigenvalue weighted by atomic mass is 35.5. The lowest BCUT2D eigenvalue weighted by atomic mass is 10.0. The predicted octanol–water partition coefficient (Wildman–Crippen LogP) is 4.93. The number of hydrogen-bond donors (Lipinski definition) is 1. The molecule has 0 spiro atoms. The molecule has 1 N–H and O–H groups in total. The van der Waals surface area contributed by atoms with Crippen molar-refractivity contribution in [3.05, 3.63) is 62.5 Å². The molecule has 0 atom stereocenters. The summed E-state index contributed by atoms with van der Waals surface area (Å²) in [6.07, 6.45) is 6.20. The maximum Gasteiger partial charge on any atom is 0.305 e. The van der Waals surface area contributed by atoms with Crippen LogP contribution in [-0.4, -0.2) is 32.7 Å². The van der Waals surface area contributed by atoms with Crippen LogP contribution in [-0.2, 0) is 9.59 Å². The molecular weight excluding hydrogens is 413 g/mol. The summed E-state index contributed by atoms with van der Waals surface area (Å²) in [7, 11) is 0. The van der Waals surface area contributed by atoms with Gasteiger partial charge in [0.1, 0.15) is 4.32 Å². The van der Waals surface area contributed by atoms with E-state index >= 15 is 0 Å². The number of carboxylic acids is 1. The molecule has 0 bridgehead atoms. The molecule has 3 rings (SSSR count). The highest BCUT2D eigenvalue weighted by Crippen LogP contribution is 2.37. The Kier molecular flexibility index (Phi) is 5.87. The zero-order valence-corrected chi connectivity index (χ0v) is 16.5. The molecule has 26 heavy (non-hydrogen) atoms. The van der Waals surface area contributed by atoms with Gasteiger partial charge in [-0.05, 0) is 41.3 Å². The molecule has 1 aromatic rings. The van der Waals surface area contributed by atoms with Gasteiger partial charge in [-0.1, -0.05) is 65.4 Å². The fourth-order valence-electron chi connectivity index (χ4n) is 2.65. The molecule has 4 nitrogen and oxygen atoms in total. The molecule has 1 aliphatic heterocycles. The summed E-state index contributed by atoms with van der Waals surface area (Å²) in [5.41, 5.74) is 2.91. The van der Waals surface area contributed by atoms with E-state index in [9.17, 15) is 9.59 Å². The van der Waals surface area contributed by atoms with Crippen LogP contribution >= 0.6 is 47.2 Å². The fraction of sp³-hybridized carbons (Fsp3) is 0.167. The summed E-state index contributed by atoms with van der Waals surface area (Å²) >= 11 is 18.6. The Morgan fingerprint density at radius 2 is 2.12 bits per heavy atom. The number of carboxylic acid groups (broad SMARTS) is 1. The third-order valence-electron chi connectivity index (χ3n) is 3.91. The Labute approximate surface area is 170 Å². The zero-order valence-electron chi connectivity index (χ0n) is 13.4. The Balaban J connectivity index is 1.70. The lowest BCUT2D eigenvalue weighted by Gasteiger charge is -2.12. The Morgan fingerprint density at radius 1 is 1.35 bits per heavy atom. The van der Waals surface area contributed by atoms with Gasteiger partial charge in [-0.25, -0.2) is 0 Å². The van der Waals surface area contributed by atoms with E-state index < -0.39 is 5.97 Å². The molecule has 1 heterocycles. The van der Waals surface area contributed by atoms with Gasteiger partial charge in [-0.15, -0.1) is 0 Å². The van der Waals surface area contributed by atoms with Gasteiger partial charge >= 0.3 is 5.97 Å². The Morgan fingerprint density at radius 3 is 2.81 bits per heavy atom. The van der Waals surface area contributed by atoms with Crippen LogP contribution in [0, 0.1) is 0 Å². The van der Waals surface area contributed by atoms with E-state index in [2.05, 4.69) is 0 Å². The SMILES string of the molecule is O=C(O)CCN1C(=O)C(=CC2=CC=C(c3ccc(Cl)cc3Cl)C2)SC1=S. The van der Waals surface area contributed by atoms with Gasteiger partial charge in [0.2, 0.25) is 0 Å². The number of aliphatic carboxylic acids is 1. The third kappa shape index (κ3) is 4.20. The van der Waals surface area contributed by atoms with Crippen molar-refractivity contribution in [2.75, 3.05) is 6.54 Å². The van der Waals surface area contributed by atoms with Crippen LogP contribution in [0.4, 0.5) is 0 Å². The van der Waals surface area contributed by atoms with E-state index in [0.29, 0.717) is 25.7 Å². The molecule has 1 fully saturated rings. The number of thioether (sulfide) groups is 1. The van der Waals surface area contributed by atoms with Gasteiger partial charge in [0, 0.05) is 16.6 Å². The molecule has 134 valence electrons. The van der Waals surface area contributed by atoms with Crippen molar-refractivity contribution >= 4 is 69.0 Å². The molecule has 2 aliphatic rings. The van der Waals surface area contributed by atoms with Crippen molar-refractivity contribution < 1.29 is 14.7 Å². The maximum atomic E-state index is 12.4. The van der Waals surface area contributed by atoms with Crippen LogP contribution < -0.4 is 0 Å². The smallest absolute Gasteiger partial charge is 0.305 e. The summed E-state index contributed by atoms with van der Waals surface area (Å²) < 4.78 is 0.384. The number of hydrogen-bond acceptors (Lipinski definition) is 4. The van der Waals surface area contributed by atoms with Gasteiger partial charge in [0.05, 0.1) is 11.3 Å². The van der Waals surface area contributed by atoms with Gasteiger partial charge in [-0.2, -0.15) is 0 Å². The lowest BCUT2D eigenvalue weighted by Crippen LogP contribution is -2.30. The predicted molar refractivity (Wildman–Crippen MR) is 109 cm³/mol. The summed E-state index contributed by atoms with van der Waals surface area (Å²) in [5.74, 6) is -1.21. The number of amides is 1. The molecule has 1 aliphatic carbocycles. The van der Waals surface area contributed by atoms with Crippen molar-refractivity contribution in [2.45, 2.75) is 12.8 Å². The zero-order chi connectivity index (χ0) is 18.8. The highest BCUT2D eigenvalue weighted by molar-refractivity contribution is 8.26. The molecule has 0 radical (unpaired) electrons. The monoisotopic (exact) mass is 425 g/mol. The molecule has 0 saturated carbocycles. The van der Waals surface area contributed by atoms with E-state index in [1.165, 1.54) is 16.7 Å². The topological polar surface area (TPSA) is 57.6 Å². The Hall–Kier alpha value is -1.60. The highest BCUT2D eigenvalue weighted by Gasteiger charge is 2.32. The van der Waals surface area contributed by atoms with Gasteiger partial charge in [-0.3, -0.25) is 14.5 Å². The van der Waals surface area contributed by atoms with Gasteiger partial charge in [0.15, 0.2) is 0 Å². The fourth-order valence-corrected chi connectivity index (χ4v) is 4.50. The molecule has 1 aromatic carbocycles. The van der Waals surface area contributed by atoms with Crippen LogP contribution in [0.5, 0.6) is 0 Å². The largest absolute Gasteiger partial charge is 0.481 e. The van der Waals surface area contributed by atoms with Crippen LogP contribution in [0.1, 0.15) is 18.4 Å². The van der Waals surface area contributed by atoms with Crippen molar-refractivity contribution in [1.82, 2.24) is 4.90 Å². The number of rotatable bonds is 5. The van der Waals surface area contributed by atoms with Crippen LogP contribution in [0.2, 0.25) is 10.0 Å². The number of halogens is 2. The molecule has 1 saturated heterocycles. The number of thiocarbonyl (C=S) groups is 1. The van der Waals surface area contributed by atoms with Crippen LogP contribution in [0.25, 0.3) is 5.57 Å². The van der Waals surface area contributed by atoms with Crippen molar-refractivity contribution in [2.24, 2.45) is 0 Å². The van der Waals surface area contributed by atoms with Crippen LogP contribution in [0.3, 0.4) is 0 Å². The minimum Gasteiger partial charge on any atom is -0.481 e. The molecule has 0 unspecified atom stereocenters. The standard InChI is InChI=1S/C18H13Cl2NO3S2/c19-12-3-4-13(14(20)9-12)11-2-1-10(7-11)8-15-17(24)21(18(25)26-15)6-5-16(22)23/h1-4,8-9H,5-7H2,(H,22,23). The van der Waals surface area contributed by atoms with E-state index in [4.69, 9.17) is 40.5 Å². The maximum absolute atomic E-state index is 12.4. The number of allylic oxidation sites excluding steroid dienone is 5. The minimum absolute atomic E-state index is 0.0836. The first kappa shape index (κ1) is 19.2. The lowest BCUT2D eigenvalue weighted by molar-refractivity contribution is -0.137. The van der Waals surface area contributed by atoms with E-state index in [-0.39, 0.29) is 18.9 Å². The first-order valence-corrected chi connectivity index (χ1v) is 9.65. The molecule has 0 aromatic heterocycles. The van der Waals surface area contributed by atoms with Crippen molar-refractivity contribution in [1.29, 1.82) is 0 Å². The molecule has 1 amide bonds. The van der Waals surface area contributed by atoms with E-state index in [0.717, 1.165) is 16.7 Å². The number of carbonyl (C=O) groups is 2. The summed E-state index contributed by atoms with van der Waals surface area (Å²) in [6.45, 7) is 0.0836. The first-order valence-electron chi connectivity index (χ1n) is 7.67. The second-order valence-electron chi connectivity index (χ2n) is 5.71. The van der Waals surface area contributed by atoms with Gasteiger partial charge < -0.3 is 5.11 Å². The van der Waals surface area contributed by atoms with E-state index in [1.807, 2.05) is 18.2 Å². The minimum atomic E-state index is -0.963. The third-order valence-corrected chi connectivity index (χ3v) is 5.84. The number of carbonyl (C=O) groups excluding carboxylic acids is 1. The summed E-state index contributed by atoms with van der Waals surface area (Å²) in [5, 5.41) is 9.94. The number of benzene rings is 1. The molecule has 8 heteroatoms. The second kappa shape index (κ2) is 7.96. The molecular formula is C18H13Cl2NO3S2. The summed E-state index contributed by atoms with van der Waals surface area (Å²) in [4.78, 5) is 25.0. The average molecular weight is 426 g/mol. The number of nitrogens with zero attached hydrogens (tertiary/aromatic N) is 1. The Bertz CT molecular complexity index is 906.